The van der Waals surface area contributed by atoms with Crippen LogP contribution in [0.15, 0.2) is 218 Å². The third kappa shape index (κ3) is 5.19. The van der Waals surface area contributed by atoms with Crippen molar-refractivity contribution in [2.45, 2.75) is 0 Å². The van der Waals surface area contributed by atoms with E-state index in [0.29, 0.717) is 0 Å². The molecule has 2 heteroatoms. The number of hydrogen-bond donors (Lipinski definition) is 0. The van der Waals surface area contributed by atoms with Gasteiger partial charge in [-0.1, -0.05) is 158 Å². The Kier molecular flexibility index (Phi) is 7.53. The largest absolute Gasteiger partial charge is 0.309 e. The molecule has 0 saturated heterocycles. The Hall–Kier alpha value is -7.42. The lowest BCUT2D eigenvalue weighted by Crippen LogP contribution is -1.96. The highest BCUT2D eigenvalue weighted by atomic mass is 15.0. The van der Waals surface area contributed by atoms with Crippen molar-refractivity contribution in [1.29, 1.82) is 0 Å². The van der Waals surface area contributed by atoms with Crippen LogP contribution >= 0.6 is 0 Å². The van der Waals surface area contributed by atoms with Crippen LogP contribution in [0.5, 0.6) is 0 Å². The van der Waals surface area contributed by atoms with E-state index >= 15 is 0 Å². The topological polar surface area (TPSA) is 9.86 Å². The summed E-state index contributed by atoms with van der Waals surface area (Å²) in [5.74, 6) is 0. The molecule has 0 N–H and O–H groups in total. The lowest BCUT2D eigenvalue weighted by Gasteiger charge is -2.19. The van der Waals surface area contributed by atoms with Crippen LogP contribution < -0.4 is 0 Å². The minimum absolute atomic E-state index is 1.14. The first-order valence-electron chi connectivity index (χ1n) is 19.3. The van der Waals surface area contributed by atoms with E-state index in [4.69, 9.17) is 0 Å². The first kappa shape index (κ1) is 32.0. The monoisotopic (exact) mass is 712 g/mol. The van der Waals surface area contributed by atoms with Crippen LogP contribution in [0.2, 0.25) is 0 Å². The summed E-state index contributed by atoms with van der Waals surface area (Å²) in [6, 6.07) is 79.4. The number of rotatable bonds is 6. The average Bonchev–Trinajstić information content (AvgIpc) is 3.79. The molecule has 56 heavy (non-hydrogen) atoms. The minimum Gasteiger partial charge on any atom is -0.309 e. The molecule has 11 aromatic rings. The van der Waals surface area contributed by atoms with Crippen LogP contribution in [0.1, 0.15) is 0 Å². The first-order chi connectivity index (χ1) is 27.8. The summed E-state index contributed by atoms with van der Waals surface area (Å²) >= 11 is 0. The van der Waals surface area contributed by atoms with Gasteiger partial charge in [-0.2, -0.15) is 0 Å². The SMILES string of the molecule is c1ccc(-c2cc(-c3ccc(-n4c5ccccc5c5cc(-n6c7ccccc7c7ccccc76)ccc54)cc3)cc(-c3ccccc3)c2-c2ccccc2)cc1. The molecule has 0 atom stereocenters. The van der Waals surface area contributed by atoms with Crippen LogP contribution in [0.25, 0.3) is 99.5 Å². The van der Waals surface area contributed by atoms with E-state index in [1.807, 2.05) is 0 Å². The highest BCUT2D eigenvalue weighted by Crippen LogP contribution is 2.44. The van der Waals surface area contributed by atoms with Gasteiger partial charge in [0.1, 0.15) is 0 Å². The summed E-state index contributed by atoms with van der Waals surface area (Å²) in [6.07, 6.45) is 0. The van der Waals surface area contributed by atoms with Gasteiger partial charge in [0.05, 0.1) is 22.1 Å². The highest BCUT2D eigenvalue weighted by Gasteiger charge is 2.19. The molecule has 262 valence electrons. The quantitative estimate of drug-likeness (QED) is 0.162. The number of hydrogen-bond acceptors (Lipinski definition) is 0. The molecule has 0 aliphatic carbocycles. The highest BCUT2D eigenvalue weighted by molar-refractivity contribution is 6.12. The lowest BCUT2D eigenvalue weighted by molar-refractivity contribution is 1.17. The van der Waals surface area contributed by atoms with Gasteiger partial charge >= 0.3 is 0 Å². The van der Waals surface area contributed by atoms with E-state index in [1.165, 1.54) is 88.1 Å². The van der Waals surface area contributed by atoms with Crippen LogP contribution in [0.3, 0.4) is 0 Å². The summed E-state index contributed by atoms with van der Waals surface area (Å²) in [6.45, 7) is 0. The fourth-order valence-electron chi connectivity index (χ4n) is 8.80. The summed E-state index contributed by atoms with van der Waals surface area (Å²) in [5.41, 5.74) is 16.8. The zero-order valence-electron chi connectivity index (χ0n) is 30.7. The zero-order chi connectivity index (χ0) is 37.0. The average molecular weight is 713 g/mol. The Morgan fingerprint density at radius 2 is 0.625 bits per heavy atom. The molecule has 0 fully saturated rings. The van der Waals surface area contributed by atoms with Crippen molar-refractivity contribution in [3.8, 4) is 55.9 Å². The maximum atomic E-state index is 2.41. The van der Waals surface area contributed by atoms with E-state index in [2.05, 4.69) is 228 Å². The summed E-state index contributed by atoms with van der Waals surface area (Å²) in [5, 5.41) is 5.02. The molecule has 0 aliphatic heterocycles. The van der Waals surface area contributed by atoms with Gasteiger partial charge in [0.15, 0.2) is 0 Å². The Labute approximate surface area is 325 Å². The number of fused-ring (bicyclic) bond motifs is 6. The number of benzene rings is 9. The van der Waals surface area contributed by atoms with Gasteiger partial charge < -0.3 is 9.13 Å². The van der Waals surface area contributed by atoms with Crippen molar-refractivity contribution in [3.63, 3.8) is 0 Å². The molecule has 0 amide bonds. The summed E-state index contributed by atoms with van der Waals surface area (Å²) < 4.78 is 4.81. The van der Waals surface area contributed by atoms with E-state index in [0.717, 1.165) is 11.4 Å². The van der Waals surface area contributed by atoms with Gasteiger partial charge in [-0.25, -0.2) is 0 Å². The molecule has 0 aliphatic rings. The maximum absolute atomic E-state index is 2.41. The Morgan fingerprint density at radius 1 is 0.232 bits per heavy atom. The van der Waals surface area contributed by atoms with Gasteiger partial charge in [-0.05, 0) is 105 Å². The standard InChI is InChI=1S/C54H36N2/c1-4-16-38(17-5-1)47-34-41(35-48(39-18-6-2-7-19-39)54(47)40-20-8-3-9-21-40)37-28-30-42(31-29-37)55-52-27-15-12-24-46(52)49-36-43(32-33-53(49)55)56-50-25-13-10-22-44(50)45-23-11-14-26-51(45)56/h1-36H. The fraction of sp³-hybridized carbons (Fsp3) is 0. The molecule has 9 aromatic carbocycles. The van der Waals surface area contributed by atoms with Crippen LogP contribution in [-0.4, -0.2) is 9.13 Å². The molecule has 2 aromatic heterocycles. The molecule has 0 spiro atoms. The maximum Gasteiger partial charge on any atom is 0.0542 e. The molecule has 11 rings (SSSR count). The third-order valence-electron chi connectivity index (χ3n) is 11.3. The molecule has 0 radical (unpaired) electrons. The molecule has 0 bridgehead atoms. The normalized spacial score (nSPS) is 11.6. The summed E-state index contributed by atoms with van der Waals surface area (Å²) in [4.78, 5) is 0. The molecule has 2 heterocycles. The molecule has 0 unspecified atom stereocenters. The summed E-state index contributed by atoms with van der Waals surface area (Å²) in [7, 11) is 0. The van der Waals surface area contributed by atoms with Gasteiger partial charge in [-0.15, -0.1) is 0 Å². The van der Waals surface area contributed by atoms with Gasteiger partial charge in [-0.3, -0.25) is 0 Å². The molecule has 0 saturated carbocycles. The van der Waals surface area contributed by atoms with Gasteiger partial charge in [0.2, 0.25) is 0 Å². The third-order valence-corrected chi connectivity index (χ3v) is 11.3. The Balaban J connectivity index is 1.07. The number of nitrogens with zero attached hydrogens (tertiary/aromatic N) is 2. The molecule has 2 nitrogen and oxygen atoms in total. The van der Waals surface area contributed by atoms with Crippen molar-refractivity contribution < 1.29 is 0 Å². The van der Waals surface area contributed by atoms with Crippen molar-refractivity contribution in [2.24, 2.45) is 0 Å². The van der Waals surface area contributed by atoms with Crippen LogP contribution in [-0.2, 0) is 0 Å². The molecular formula is C54H36N2. The van der Waals surface area contributed by atoms with Crippen molar-refractivity contribution in [3.05, 3.63) is 218 Å². The predicted octanol–water partition coefficient (Wildman–Crippen LogP) is 14.5. The van der Waals surface area contributed by atoms with E-state index < -0.39 is 0 Å². The second kappa shape index (κ2) is 13.2. The smallest absolute Gasteiger partial charge is 0.0542 e. The lowest BCUT2D eigenvalue weighted by atomic mass is 9.85. The van der Waals surface area contributed by atoms with Gasteiger partial charge in [0.25, 0.3) is 0 Å². The predicted molar refractivity (Wildman–Crippen MR) is 237 cm³/mol. The van der Waals surface area contributed by atoms with Crippen molar-refractivity contribution in [2.75, 3.05) is 0 Å². The number of aromatic nitrogens is 2. The molecular weight excluding hydrogens is 677 g/mol. The van der Waals surface area contributed by atoms with Crippen LogP contribution in [0.4, 0.5) is 0 Å². The second-order valence-electron chi connectivity index (χ2n) is 14.5. The van der Waals surface area contributed by atoms with E-state index in [-0.39, 0.29) is 0 Å². The van der Waals surface area contributed by atoms with Crippen molar-refractivity contribution in [1.82, 2.24) is 9.13 Å². The zero-order valence-corrected chi connectivity index (χ0v) is 30.7. The Morgan fingerprint density at radius 3 is 1.14 bits per heavy atom. The van der Waals surface area contributed by atoms with Gasteiger partial charge in [0, 0.05) is 32.9 Å². The first-order valence-corrected chi connectivity index (χ1v) is 19.3. The van der Waals surface area contributed by atoms with Crippen LogP contribution in [0, 0.1) is 0 Å². The van der Waals surface area contributed by atoms with E-state index in [1.54, 1.807) is 0 Å². The van der Waals surface area contributed by atoms with Crippen molar-refractivity contribution >= 4 is 43.6 Å². The second-order valence-corrected chi connectivity index (χ2v) is 14.5. The fourth-order valence-corrected chi connectivity index (χ4v) is 8.80. The number of para-hydroxylation sites is 3. The van der Waals surface area contributed by atoms with E-state index in [9.17, 15) is 0 Å². The minimum atomic E-state index is 1.14. The Bertz CT molecular complexity index is 3090.